The monoisotopic (exact) mass is 254 g/mol. The Kier molecular flexibility index (Phi) is 4.03. The summed E-state index contributed by atoms with van der Waals surface area (Å²) in [5, 5.41) is 16.9. The highest BCUT2D eigenvalue weighted by Gasteiger charge is 1.99. The van der Waals surface area contributed by atoms with Crippen LogP contribution in [0, 0.1) is 6.92 Å². The van der Waals surface area contributed by atoms with Crippen LogP contribution in [-0.2, 0) is 11.2 Å². The molecule has 1 N–H and O–H groups in total. The van der Waals surface area contributed by atoms with Crippen molar-refractivity contribution in [2.45, 2.75) is 13.3 Å². The molecule has 0 radical (unpaired) electrons. The van der Waals surface area contributed by atoms with E-state index in [4.69, 9.17) is 5.11 Å². The molecule has 0 fully saturated rings. The van der Waals surface area contributed by atoms with Gasteiger partial charge >= 0.3 is 5.97 Å². The summed E-state index contributed by atoms with van der Waals surface area (Å²) < 4.78 is 0. The van der Waals surface area contributed by atoms with Gasteiger partial charge in [0.05, 0.1) is 17.8 Å². The first kappa shape index (κ1) is 13.0. The van der Waals surface area contributed by atoms with Gasteiger partial charge in [0.1, 0.15) is 0 Å². The van der Waals surface area contributed by atoms with Crippen LogP contribution in [0.15, 0.2) is 58.8 Å². The fraction of sp³-hybridized carbons (Fsp3) is 0.133. The summed E-state index contributed by atoms with van der Waals surface area (Å²) in [7, 11) is 0. The number of aliphatic carboxylic acids is 1. The summed E-state index contributed by atoms with van der Waals surface area (Å²) in [6, 6.07) is 14.8. The molecule has 0 amide bonds. The first-order valence-electron chi connectivity index (χ1n) is 5.92. The summed E-state index contributed by atoms with van der Waals surface area (Å²) >= 11 is 0. The molecular formula is C15H14N2O2. The average Bonchev–Trinajstić information content (AvgIpc) is 2.39. The van der Waals surface area contributed by atoms with Gasteiger partial charge in [0.2, 0.25) is 0 Å². The molecule has 0 saturated heterocycles. The van der Waals surface area contributed by atoms with Gasteiger partial charge in [-0.05, 0) is 36.8 Å². The minimum Gasteiger partial charge on any atom is -0.481 e. The zero-order chi connectivity index (χ0) is 13.7. The quantitative estimate of drug-likeness (QED) is 0.837. The van der Waals surface area contributed by atoms with Crippen molar-refractivity contribution in [2.24, 2.45) is 10.2 Å². The molecule has 2 aromatic carbocycles. The van der Waals surface area contributed by atoms with Crippen molar-refractivity contribution in [1.82, 2.24) is 0 Å². The van der Waals surface area contributed by atoms with E-state index in [1.54, 1.807) is 24.3 Å². The van der Waals surface area contributed by atoms with Gasteiger partial charge in [-0.2, -0.15) is 10.2 Å². The molecule has 2 aromatic rings. The fourth-order valence-electron chi connectivity index (χ4n) is 1.58. The highest BCUT2D eigenvalue weighted by Crippen LogP contribution is 2.19. The van der Waals surface area contributed by atoms with Crippen LogP contribution in [0.5, 0.6) is 0 Å². The van der Waals surface area contributed by atoms with E-state index in [2.05, 4.69) is 10.2 Å². The number of carbonyl (C=O) groups is 1. The lowest BCUT2D eigenvalue weighted by atomic mass is 10.1. The van der Waals surface area contributed by atoms with Gasteiger partial charge in [-0.25, -0.2) is 0 Å². The van der Waals surface area contributed by atoms with Crippen molar-refractivity contribution in [3.63, 3.8) is 0 Å². The number of carboxylic acids is 1. The van der Waals surface area contributed by atoms with Crippen LogP contribution in [0.4, 0.5) is 11.4 Å². The molecule has 0 spiro atoms. The van der Waals surface area contributed by atoms with E-state index < -0.39 is 5.97 Å². The average molecular weight is 254 g/mol. The minimum atomic E-state index is -0.839. The predicted octanol–water partition coefficient (Wildman–Crippen LogP) is 4.04. The second-order valence-electron chi connectivity index (χ2n) is 4.27. The molecular weight excluding hydrogens is 240 g/mol. The standard InChI is InChI=1S/C15H14N2O2/c1-11-2-6-13(7-3-11)16-17-14-8-4-12(5-9-14)10-15(18)19/h2-9H,10H2,1H3,(H,18,19). The van der Waals surface area contributed by atoms with E-state index in [-0.39, 0.29) is 6.42 Å². The Morgan fingerprint density at radius 1 is 0.947 bits per heavy atom. The van der Waals surface area contributed by atoms with E-state index in [0.29, 0.717) is 5.69 Å². The van der Waals surface area contributed by atoms with Gasteiger partial charge in [0.15, 0.2) is 0 Å². The molecule has 4 heteroatoms. The summed E-state index contributed by atoms with van der Waals surface area (Å²) in [6.45, 7) is 2.02. The summed E-state index contributed by atoms with van der Waals surface area (Å²) in [6.07, 6.45) is 0.0232. The van der Waals surface area contributed by atoms with Gasteiger partial charge in [0, 0.05) is 0 Å². The first-order valence-corrected chi connectivity index (χ1v) is 5.92. The van der Waals surface area contributed by atoms with Gasteiger partial charge in [-0.15, -0.1) is 0 Å². The number of hydrogen-bond acceptors (Lipinski definition) is 3. The van der Waals surface area contributed by atoms with Crippen LogP contribution in [0.3, 0.4) is 0 Å². The Morgan fingerprint density at radius 3 is 1.89 bits per heavy atom. The minimum absolute atomic E-state index is 0.0232. The largest absolute Gasteiger partial charge is 0.481 e. The van der Waals surface area contributed by atoms with Crippen molar-refractivity contribution < 1.29 is 9.90 Å². The molecule has 19 heavy (non-hydrogen) atoms. The second-order valence-corrected chi connectivity index (χ2v) is 4.27. The molecule has 0 bridgehead atoms. The van der Waals surface area contributed by atoms with Crippen molar-refractivity contribution in [1.29, 1.82) is 0 Å². The molecule has 0 atom stereocenters. The lowest BCUT2D eigenvalue weighted by Gasteiger charge is -1.97. The third-order valence-corrected chi connectivity index (χ3v) is 2.61. The highest BCUT2D eigenvalue weighted by atomic mass is 16.4. The maximum atomic E-state index is 10.5. The van der Waals surface area contributed by atoms with Crippen molar-refractivity contribution in [3.8, 4) is 0 Å². The molecule has 0 unspecified atom stereocenters. The van der Waals surface area contributed by atoms with Crippen molar-refractivity contribution in [2.75, 3.05) is 0 Å². The topological polar surface area (TPSA) is 62.0 Å². The highest BCUT2D eigenvalue weighted by molar-refractivity contribution is 5.70. The summed E-state index contributed by atoms with van der Waals surface area (Å²) in [5.41, 5.74) is 3.42. The van der Waals surface area contributed by atoms with Crippen LogP contribution in [0.2, 0.25) is 0 Å². The van der Waals surface area contributed by atoms with Crippen molar-refractivity contribution in [3.05, 3.63) is 59.7 Å². The molecule has 0 aliphatic heterocycles. The van der Waals surface area contributed by atoms with Crippen LogP contribution in [0.25, 0.3) is 0 Å². The second kappa shape index (κ2) is 5.91. The lowest BCUT2D eigenvalue weighted by Crippen LogP contribution is -1.98. The zero-order valence-electron chi connectivity index (χ0n) is 10.6. The van der Waals surface area contributed by atoms with E-state index in [9.17, 15) is 4.79 Å². The van der Waals surface area contributed by atoms with Gasteiger partial charge in [-0.3, -0.25) is 4.79 Å². The Labute approximate surface area is 111 Å². The normalized spacial score (nSPS) is 10.8. The first-order chi connectivity index (χ1) is 9.13. The molecule has 0 aliphatic carbocycles. The summed E-state index contributed by atoms with van der Waals surface area (Å²) in [4.78, 5) is 10.5. The van der Waals surface area contributed by atoms with Gasteiger partial charge in [-0.1, -0.05) is 29.8 Å². The van der Waals surface area contributed by atoms with E-state index >= 15 is 0 Å². The Bertz CT molecular complexity index is 587. The number of rotatable bonds is 4. The molecule has 0 aromatic heterocycles. The molecule has 96 valence electrons. The smallest absolute Gasteiger partial charge is 0.307 e. The third-order valence-electron chi connectivity index (χ3n) is 2.61. The molecule has 0 aliphatic rings. The molecule has 0 saturated carbocycles. The maximum absolute atomic E-state index is 10.5. The zero-order valence-corrected chi connectivity index (χ0v) is 10.6. The number of azo groups is 1. The van der Waals surface area contributed by atoms with E-state index in [1.807, 2.05) is 31.2 Å². The Morgan fingerprint density at radius 2 is 1.42 bits per heavy atom. The Balaban J connectivity index is 2.06. The Hall–Kier alpha value is -2.49. The number of aryl methyl sites for hydroxylation is 1. The van der Waals surface area contributed by atoms with Crippen LogP contribution >= 0.6 is 0 Å². The van der Waals surface area contributed by atoms with Gasteiger partial charge < -0.3 is 5.11 Å². The molecule has 0 heterocycles. The number of benzene rings is 2. The van der Waals surface area contributed by atoms with Crippen LogP contribution < -0.4 is 0 Å². The fourth-order valence-corrected chi connectivity index (χ4v) is 1.58. The van der Waals surface area contributed by atoms with Gasteiger partial charge in [0.25, 0.3) is 0 Å². The summed E-state index contributed by atoms with van der Waals surface area (Å²) in [5.74, 6) is -0.839. The van der Waals surface area contributed by atoms with Crippen molar-refractivity contribution >= 4 is 17.3 Å². The lowest BCUT2D eigenvalue weighted by molar-refractivity contribution is -0.136. The van der Waals surface area contributed by atoms with E-state index in [0.717, 1.165) is 11.3 Å². The van der Waals surface area contributed by atoms with E-state index in [1.165, 1.54) is 5.56 Å². The third kappa shape index (κ3) is 4.03. The SMILES string of the molecule is Cc1ccc(N=Nc2ccc(CC(=O)O)cc2)cc1. The predicted molar refractivity (Wildman–Crippen MR) is 73.1 cm³/mol. The molecule has 4 nitrogen and oxygen atoms in total. The van der Waals surface area contributed by atoms with Crippen LogP contribution in [0.1, 0.15) is 11.1 Å². The number of carboxylic acid groups (broad SMARTS) is 1. The molecule has 2 rings (SSSR count). The number of nitrogens with zero attached hydrogens (tertiary/aromatic N) is 2. The van der Waals surface area contributed by atoms with Crippen LogP contribution in [-0.4, -0.2) is 11.1 Å². The maximum Gasteiger partial charge on any atom is 0.307 e. The number of hydrogen-bond donors (Lipinski definition) is 1.